The van der Waals surface area contributed by atoms with Gasteiger partial charge in [-0.05, 0) is 42.9 Å². The van der Waals surface area contributed by atoms with Crippen LogP contribution in [0.4, 0.5) is 5.69 Å². The number of hydrogen-bond donors (Lipinski definition) is 1. The van der Waals surface area contributed by atoms with Crippen LogP contribution in [0.2, 0.25) is 0 Å². The van der Waals surface area contributed by atoms with E-state index in [0.29, 0.717) is 0 Å². The number of nitrogens with one attached hydrogen (secondary N) is 1. The van der Waals surface area contributed by atoms with Crippen molar-refractivity contribution in [1.82, 2.24) is 4.98 Å². The van der Waals surface area contributed by atoms with Crippen molar-refractivity contribution in [2.24, 2.45) is 5.41 Å². The summed E-state index contributed by atoms with van der Waals surface area (Å²) in [5, 5.41) is 4.28. The zero-order valence-corrected chi connectivity index (χ0v) is 16.6. The molecule has 1 aromatic heterocycles. The molecule has 3 nitrogen and oxygen atoms in total. The molecule has 1 saturated carbocycles. The first kappa shape index (κ1) is 18.7. The summed E-state index contributed by atoms with van der Waals surface area (Å²) in [4.78, 5) is 18.1. The molecule has 28 heavy (non-hydrogen) atoms. The molecule has 0 saturated heterocycles. The average molecular weight is 373 g/mol. The van der Waals surface area contributed by atoms with E-state index in [4.69, 9.17) is 0 Å². The van der Waals surface area contributed by atoms with Crippen LogP contribution in [0.15, 0.2) is 60.8 Å². The van der Waals surface area contributed by atoms with Gasteiger partial charge in [-0.2, -0.15) is 0 Å². The van der Waals surface area contributed by atoms with Gasteiger partial charge in [0.25, 0.3) is 0 Å². The van der Waals surface area contributed by atoms with Crippen LogP contribution in [0, 0.1) is 5.41 Å². The largest absolute Gasteiger partial charge is 0.324 e. The van der Waals surface area contributed by atoms with Gasteiger partial charge < -0.3 is 5.32 Å². The smallest absolute Gasteiger partial charge is 0.230 e. The first-order chi connectivity index (χ1) is 13.7. The SMILES string of the molecule is CCc1cccc2cc(NC(=O)C3(Cc4ccccc4)CCCCC3)cnc12. The number of fused-ring (bicyclic) bond motifs is 1. The highest BCUT2D eigenvalue weighted by molar-refractivity contribution is 5.97. The standard InChI is InChI=1S/C25H28N2O/c1-2-20-12-9-13-21-16-22(18-26-23(20)21)27-24(28)25(14-7-4-8-15-25)17-19-10-5-3-6-11-19/h3,5-6,9-13,16,18H,2,4,7-8,14-15,17H2,1H3,(H,27,28). The van der Waals surface area contributed by atoms with Gasteiger partial charge in [0.15, 0.2) is 0 Å². The van der Waals surface area contributed by atoms with Crippen molar-refractivity contribution in [3.63, 3.8) is 0 Å². The number of para-hydroxylation sites is 1. The maximum absolute atomic E-state index is 13.4. The lowest BCUT2D eigenvalue weighted by Gasteiger charge is -2.36. The second-order valence-electron chi connectivity index (χ2n) is 8.02. The summed E-state index contributed by atoms with van der Waals surface area (Å²) in [5.41, 5.74) is 3.98. The molecule has 0 unspecified atom stereocenters. The molecule has 0 bridgehead atoms. The van der Waals surface area contributed by atoms with Gasteiger partial charge in [0, 0.05) is 5.39 Å². The predicted octanol–water partition coefficient (Wildman–Crippen LogP) is 5.93. The predicted molar refractivity (Wildman–Crippen MR) is 115 cm³/mol. The number of anilines is 1. The van der Waals surface area contributed by atoms with Crippen LogP contribution in [0.3, 0.4) is 0 Å². The van der Waals surface area contributed by atoms with E-state index in [-0.39, 0.29) is 11.3 Å². The van der Waals surface area contributed by atoms with E-state index in [0.717, 1.165) is 55.1 Å². The summed E-state index contributed by atoms with van der Waals surface area (Å²) in [5.74, 6) is 0.142. The maximum Gasteiger partial charge on any atom is 0.230 e. The molecule has 0 radical (unpaired) electrons. The Kier molecular flexibility index (Phi) is 5.43. The van der Waals surface area contributed by atoms with Crippen LogP contribution in [0.5, 0.6) is 0 Å². The normalized spacial score (nSPS) is 16.0. The molecule has 1 aliphatic carbocycles. The summed E-state index contributed by atoms with van der Waals surface area (Å²) in [6.45, 7) is 2.14. The summed E-state index contributed by atoms with van der Waals surface area (Å²) in [7, 11) is 0. The number of benzene rings is 2. The molecule has 1 heterocycles. The van der Waals surface area contributed by atoms with Crippen LogP contribution < -0.4 is 5.32 Å². The van der Waals surface area contributed by atoms with E-state index in [1.54, 1.807) is 6.20 Å². The Labute approximate surface area is 167 Å². The average Bonchev–Trinajstić information content (AvgIpc) is 2.74. The Morgan fingerprint density at radius 2 is 1.82 bits per heavy atom. The first-order valence-electron chi connectivity index (χ1n) is 10.4. The van der Waals surface area contributed by atoms with Gasteiger partial charge in [-0.3, -0.25) is 9.78 Å². The molecule has 0 atom stereocenters. The van der Waals surface area contributed by atoms with Crippen LogP contribution in [0.1, 0.15) is 50.2 Å². The molecule has 2 aromatic carbocycles. The van der Waals surface area contributed by atoms with Crippen LogP contribution in [0.25, 0.3) is 10.9 Å². The van der Waals surface area contributed by atoms with E-state index in [1.165, 1.54) is 17.5 Å². The van der Waals surface area contributed by atoms with Gasteiger partial charge >= 0.3 is 0 Å². The number of carbonyl (C=O) groups is 1. The number of pyridine rings is 1. The number of aryl methyl sites for hydroxylation is 1. The maximum atomic E-state index is 13.4. The van der Waals surface area contributed by atoms with Gasteiger partial charge in [-0.15, -0.1) is 0 Å². The Bertz CT molecular complexity index is 959. The van der Waals surface area contributed by atoms with Crippen LogP contribution >= 0.6 is 0 Å². The molecular formula is C25H28N2O. The minimum Gasteiger partial charge on any atom is -0.324 e. The fourth-order valence-corrected chi connectivity index (χ4v) is 4.54. The number of amides is 1. The van der Waals surface area contributed by atoms with E-state index in [9.17, 15) is 4.79 Å². The highest BCUT2D eigenvalue weighted by atomic mass is 16.2. The molecular weight excluding hydrogens is 344 g/mol. The van der Waals surface area contributed by atoms with Gasteiger partial charge in [-0.25, -0.2) is 0 Å². The van der Waals surface area contributed by atoms with Gasteiger partial charge in [0.05, 0.1) is 22.8 Å². The first-order valence-corrected chi connectivity index (χ1v) is 10.4. The second kappa shape index (κ2) is 8.14. The lowest BCUT2D eigenvalue weighted by atomic mass is 9.69. The minimum absolute atomic E-state index is 0.142. The van der Waals surface area contributed by atoms with Crippen molar-refractivity contribution < 1.29 is 4.79 Å². The quantitative estimate of drug-likeness (QED) is 0.603. The molecule has 1 fully saturated rings. The summed E-state index contributed by atoms with van der Waals surface area (Å²) < 4.78 is 0. The Morgan fingerprint density at radius 3 is 2.57 bits per heavy atom. The van der Waals surface area contributed by atoms with E-state index in [1.807, 2.05) is 6.07 Å². The summed E-state index contributed by atoms with van der Waals surface area (Å²) in [6.07, 6.45) is 8.94. The van der Waals surface area contributed by atoms with Gasteiger partial charge in [0.2, 0.25) is 5.91 Å². The van der Waals surface area contributed by atoms with E-state index in [2.05, 4.69) is 65.8 Å². The number of nitrogens with zero attached hydrogens (tertiary/aromatic N) is 1. The van der Waals surface area contributed by atoms with E-state index >= 15 is 0 Å². The molecule has 1 amide bonds. The van der Waals surface area contributed by atoms with E-state index < -0.39 is 0 Å². The second-order valence-corrected chi connectivity index (χ2v) is 8.02. The van der Waals surface area contributed by atoms with Crippen molar-refractivity contribution >= 4 is 22.5 Å². The third-order valence-electron chi connectivity index (χ3n) is 6.11. The zero-order chi connectivity index (χ0) is 19.4. The third kappa shape index (κ3) is 3.80. The molecule has 144 valence electrons. The Hall–Kier alpha value is -2.68. The molecule has 3 aromatic rings. The topological polar surface area (TPSA) is 42.0 Å². The highest BCUT2D eigenvalue weighted by Crippen LogP contribution is 2.40. The van der Waals surface area contributed by atoms with Crippen LogP contribution in [-0.4, -0.2) is 10.9 Å². The van der Waals surface area contributed by atoms with Crippen LogP contribution in [-0.2, 0) is 17.6 Å². The molecule has 0 aliphatic heterocycles. The molecule has 1 N–H and O–H groups in total. The molecule has 3 heteroatoms. The minimum atomic E-state index is -0.320. The Morgan fingerprint density at radius 1 is 1.04 bits per heavy atom. The fourth-order valence-electron chi connectivity index (χ4n) is 4.54. The number of rotatable bonds is 5. The number of carbonyl (C=O) groups excluding carboxylic acids is 1. The molecule has 4 rings (SSSR count). The lowest BCUT2D eigenvalue weighted by Crippen LogP contribution is -2.40. The third-order valence-corrected chi connectivity index (χ3v) is 6.11. The lowest BCUT2D eigenvalue weighted by molar-refractivity contribution is -0.127. The monoisotopic (exact) mass is 372 g/mol. The van der Waals surface area contributed by atoms with Crippen molar-refractivity contribution in [3.05, 3.63) is 71.9 Å². The fraction of sp³-hybridized carbons (Fsp3) is 0.360. The van der Waals surface area contributed by atoms with Crippen molar-refractivity contribution in [3.8, 4) is 0 Å². The molecule has 0 spiro atoms. The Balaban J connectivity index is 1.60. The molecule has 1 aliphatic rings. The van der Waals surface area contributed by atoms with Gasteiger partial charge in [0.1, 0.15) is 0 Å². The number of aromatic nitrogens is 1. The summed E-state index contributed by atoms with van der Waals surface area (Å²) >= 11 is 0. The van der Waals surface area contributed by atoms with Gasteiger partial charge in [-0.1, -0.05) is 74.7 Å². The number of hydrogen-bond acceptors (Lipinski definition) is 2. The van der Waals surface area contributed by atoms with Crippen molar-refractivity contribution in [2.45, 2.75) is 51.9 Å². The zero-order valence-electron chi connectivity index (χ0n) is 16.6. The van der Waals surface area contributed by atoms with Crippen molar-refractivity contribution in [1.29, 1.82) is 0 Å². The van der Waals surface area contributed by atoms with Crippen molar-refractivity contribution in [2.75, 3.05) is 5.32 Å². The highest BCUT2D eigenvalue weighted by Gasteiger charge is 2.39. The summed E-state index contributed by atoms with van der Waals surface area (Å²) in [6, 6.07) is 18.7.